The van der Waals surface area contributed by atoms with Gasteiger partial charge in [0.25, 0.3) is 0 Å². The van der Waals surface area contributed by atoms with Crippen LogP contribution in [0.1, 0.15) is 43.2 Å². The molecule has 180 valence electrons. The number of carbonyl (C=O) groups excluding carboxylic acids is 2. The van der Waals surface area contributed by atoms with Gasteiger partial charge in [-0.3, -0.25) is 9.59 Å². The Morgan fingerprint density at radius 1 is 1.06 bits per heavy atom. The fourth-order valence-electron chi connectivity index (χ4n) is 4.76. The predicted molar refractivity (Wildman–Crippen MR) is 125 cm³/mol. The molecule has 0 saturated carbocycles. The Bertz CT molecular complexity index is 1010. The number of benzene rings is 2. The van der Waals surface area contributed by atoms with E-state index in [1.54, 1.807) is 0 Å². The van der Waals surface area contributed by atoms with Crippen LogP contribution in [0.5, 0.6) is 0 Å². The number of amides is 2. The number of nitrogens with one attached hydrogen (secondary N) is 2. The molecule has 2 amide bonds. The van der Waals surface area contributed by atoms with Crippen molar-refractivity contribution in [2.45, 2.75) is 44.2 Å². The highest BCUT2D eigenvalue weighted by Crippen LogP contribution is 2.44. The lowest BCUT2D eigenvalue weighted by atomic mass is 9.98. The summed E-state index contributed by atoms with van der Waals surface area (Å²) in [5, 5.41) is 14.6. The Morgan fingerprint density at radius 3 is 2.32 bits per heavy atom. The average molecular weight is 467 g/mol. The summed E-state index contributed by atoms with van der Waals surface area (Å²) in [6, 6.07) is 14.9. The first kappa shape index (κ1) is 23.8. The predicted octanol–water partition coefficient (Wildman–Crippen LogP) is 3.30. The minimum absolute atomic E-state index is 0.0320. The van der Waals surface area contributed by atoms with E-state index in [4.69, 9.17) is 14.6 Å². The van der Waals surface area contributed by atoms with Crippen molar-refractivity contribution >= 4 is 18.0 Å². The molecule has 0 spiro atoms. The molecule has 1 aliphatic carbocycles. The molecule has 1 heterocycles. The molecule has 1 fully saturated rings. The monoisotopic (exact) mass is 466 g/mol. The van der Waals surface area contributed by atoms with Crippen LogP contribution in [0.2, 0.25) is 0 Å². The van der Waals surface area contributed by atoms with Crippen molar-refractivity contribution in [3.05, 3.63) is 59.7 Å². The van der Waals surface area contributed by atoms with Crippen LogP contribution in [0.15, 0.2) is 48.5 Å². The normalized spacial score (nSPS) is 19.7. The van der Waals surface area contributed by atoms with Gasteiger partial charge in [-0.2, -0.15) is 0 Å². The van der Waals surface area contributed by atoms with Gasteiger partial charge < -0.3 is 25.2 Å². The molecule has 2 aliphatic rings. The van der Waals surface area contributed by atoms with Crippen LogP contribution in [-0.4, -0.2) is 55.0 Å². The summed E-state index contributed by atoms with van der Waals surface area (Å²) in [6.07, 6.45) is -0.178. The fourth-order valence-corrected chi connectivity index (χ4v) is 4.76. The van der Waals surface area contributed by atoms with Crippen molar-refractivity contribution in [1.29, 1.82) is 0 Å². The lowest BCUT2D eigenvalue weighted by molar-refractivity contribution is -0.137. The Hall–Kier alpha value is -3.39. The summed E-state index contributed by atoms with van der Waals surface area (Å²) in [5.74, 6) is -1.38. The molecule has 3 atom stereocenters. The number of aliphatic carboxylic acids is 1. The third-order valence-electron chi connectivity index (χ3n) is 6.65. The summed E-state index contributed by atoms with van der Waals surface area (Å²) in [4.78, 5) is 36.6. The molecule has 8 heteroatoms. The Labute approximate surface area is 198 Å². The lowest BCUT2D eigenvalue weighted by Gasteiger charge is -2.23. The highest BCUT2D eigenvalue weighted by Gasteiger charge is 2.32. The molecule has 0 aromatic heterocycles. The first-order chi connectivity index (χ1) is 16.5. The van der Waals surface area contributed by atoms with E-state index < -0.39 is 24.0 Å². The van der Waals surface area contributed by atoms with Gasteiger partial charge in [0, 0.05) is 18.3 Å². The number of carboxylic acid groups (broad SMARTS) is 1. The van der Waals surface area contributed by atoms with Gasteiger partial charge in [0.15, 0.2) is 0 Å². The van der Waals surface area contributed by atoms with Crippen molar-refractivity contribution in [3.8, 4) is 11.1 Å². The van der Waals surface area contributed by atoms with E-state index in [0.717, 1.165) is 28.7 Å². The van der Waals surface area contributed by atoms with Crippen LogP contribution >= 0.6 is 0 Å². The number of alkyl carbamates (subject to hydrolysis) is 1. The van der Waals surface area contributed by atoms with Crippen molar-refractivity contribution in [1.82, 2.24) is 10.6 Å². The summed E-state index contributed by atoms with van der Waals surface area (Å²) >= 11 is 0. The zero-order chi connectivity index (χ0) is 24.1. The molecule has 8 nitrogen and oxygen atoms in total. The average Bonchev–Trinajstić information content (AvgIpc) is 3.42. The molecule has 1 saturated heterocycles. The minimum Gasteiger partial charge on any atom is -0.481 e. The summed E-state index contributed by atoms with van der Waals surface area (Å²) in [6.45, 7) is 3.11. The maximum Gasteiger partial charge on any atom is 0.407 e. The number of carboxylic acids is 1. The number of carbonyl (C=O) groups is 3. The van der Waals surface area contributed by atoms with Crippen LogP contribution in [0.25, 0.3) is 11.1 Å². The van der Waals surface area contributed by atoms with Gasteiger partial charge in [0.05, 0.1) is 19.3 Å². The quantitative estimate of drug-likeness (QED) is 0.523. The minimum atomic E-state index is -1.04. The lowest BCUT2D eigenvalue weighted by Crippen LogP contribution is -2.51. The van der Waals surface area contributed by atoms with Crippen LogP contribution in [0.3, 0.4) is 0 Å². The Kier molecular flexibility index (Phi) is 7.47. The molecule has 3 unspecified atom stereocenters. The second-order valence-electron chi connectivity index (χ2n) is 8.78. The Morgan fingerprint density at radius 2 is 1.71 bits per heavy atom. The van der Waals surface area contributed by atoms with Gasteiger partial charge in [-0.15, -0.1) is 0 Å². The van der Waals surface area contributed by atoms with E-state index in [1.165, 1.54) is 0 Å². The van der Waals surface area contributed by atoms with E-state index in [9.17, 15) is 14.4 Å². The molecular formula is C26H30N2O6. The zero-order valence-electron chi connectivity index (χ0n) is 19.2. The van der Waals surface area contributed by atoms with Gasteiger partial charge in [0.1, 0.15) is 12.6 Å². The molecule has 0 radical (unpaired) electrons. The number of hydrogen-bond acceptors (Lipinski definition) is 5. The maximum absolute atomic E-state index is 12.9. The van der Waals surface area contributed by atoms with E-state index in [0.29, 0.717) is 13.2 Å². The van der Waals surface area contributed by atoms with Gasteiger partial charge in [-0.25, -0.2) is 4.79 Å². The number of fused-ring (bicyclic) bond motifs is 3. The fraction of sp³-hybridized carbons (Fsp3) is 0.423. The maximum atomic E-state index is 12.9. The highest BCUT2D eigenvalue weighted by atomic mass is 16.5. The van der Waals surface area contributed by atoms with E-state index in [-0.39, 0.29) is 37.3 Å². The summed E-state index contributed by atoms with van der Waals surface area (Å²) < 4.78 is 11.0. The highest BCUT2D eigenvalue weighted by molar-refractivity contribution is 5.86. The largest absolute Gasteiger partial charge is 0.481 e. The van der Waals surface area contributed by atoms with E-state index >= 15 is 0 Å². The first-order valence-electron chi connectivity index (χ1n) is 11.7. The molecule has 2 aromatic carbocycles. The van der Waals surface area contributed by atoms with Gasteiger partial charge in [-0.05, 0) is 35.1 Å². The molecule has 3 N–H and O–H groups in total. The molecular weight excluding hydrogens is 436 g/mol. The second-order valence-corrected chi connectivity index (χ2v) is 8.78. The SMILES string of the molecule is CCC1COCC1NC(=O)C(CCC(=O)O)NC(=O)OCC1c2ccccc2-c2ccccc21. The van der Waals surface area contributed by atoms with Crippen molar-refractivity contribution in [2.75, 3.05) is 19.8 Å². The van der Waals surface area contributed by atoms with Crippen molar-refractivity contribution in [3.63, 3.8) is 0 Å². The van der Waals surface area contributed by atoms with Crippen LogP contribution in [0.4, 0.5) is 4.79 Å². The van der Waals surface area contributed by atoms with Crippen LogP contribution in [-0.2, 0) is 19.1 Å². The summed E-state index contributed by atoms with van der Waals surface area (Å²) in [5.41, 5.74) is 4.41. The topological polar surface area (TPSA) is 114 Å². The van der Waals surface area contributed by atoms with Gasteiger partial charge in [0.2, 0.25) is 5.91 Å². The smallest absolute Gasteiger partial charge is 0.407 e. The third kappa shape index (κ3) is 5.22. The second kappa shape index (κ2) is 10.7. The van der Waals surface area contributed by atoms with Crippen molar-refractivity contribution < 1.29 is 29.0 Å². The van der Waals surface area contributed by atoms with Crippen LogP contribution < -0.4 is 10.6 Å². The third-order valence-corrected chi connectivity index (χ3v) is 6.65. The van der Waals surface area contributed by atoms with Crippen molar-refractivity contribution in [2.24, 2.45) is 5.92 Å². The molecule has 0 bridgehead atoms. The standard InChI is InChI=1S/C26H30N2O6/c1-2-16-13-33-15-23(16)27-25(31)22(11-12-24(29)30)28-26(32)34-14-21-19-9-5-3-7-17(19)18-8-4-6-10-20(18)21/h3-10,16,21-23H,2,11-15H2,1H3,(H,27,31)(H,28,32)(H,29,30). The summed E-state index contributed by atoms with van der Waals surface area (Å²) in [7, 11) is 0. The first-order valence-corrected chi connectivity index (χ1v) is 11.7. The number of ether oxygens (including phenoxy) is 2. The van der Waals surface area contributed by atoms with Crippen LogP contribution in [0, 0.1) is 5.92 Å². The Balaban J connectivity index is 1.40. The zero-order valence-corrected chi connectivity index (χ0v) is 19.2. The van der Waals surface area contributed by atoms with Gasteiger partial charge >= 0.3 is 12.1 Å². The van der Waals surface area contributed by atoms with Gasteiger partial charge in [-0.1, -0.05) is 55.5 Å². The molecule has 1 aliphatic heterocycles. The van der Waals surface area contributed by atoms with E-state index in [1.807, 2.05) is 43.3 Å². The number of hydrogen-bond donors (Lipinski definition) is 3. The molecule has 2 aromatic rings. The van der Waals surface area contributed by atoms with E-state index in [2.05, 4.69) is 22.8 Å². The molecule has 4 rings (SSSR count). The number of rotatable bonds is 9. The molecule has 34 heavy (non-hydrogen) atoms.